The Labute approximate surface area is 191 Å². The quantitative estimate of drug-likeness (QED) is 0.464. The molecule has 0 aliphatic heterocycles. The van der Waals surface area contributed by atoms with E-state index in [1.807, 2.05) is 62.4 Å². The number of benzene rings is 2. The largest absolute Gasteiger partial charge is 0.299 e. The van der Waals surface area contributed by atoms with Gasteiger partial charge in [0.2, 0.25) is 0 Å². The highest BCUT2D eigenvalue weighted by Crippen LogP contribution is 2.52. The summed E-state index contributed by atoms with van der Waals surface area (Å²) in [7, 11) is 0. The second-order valence-corrected chi connectivity index (χ2v) is 8.73. The Kier molecular flexibility index (Phi) is 6.92. The molecule has 0 amide bonds. The zero-order valence-corrected chi connectivity index (χ0v) is 18.7. The van der Waals surface area contributed by atoms with Crippen LogP contribution in [0.2, 0.25) is 0 Å². The number of allylic oxidation sites excluding steroid dienone is 4. The second-order valence-electron chi connectivity index (χ2n) is 8.73. The maximum absolute atomic E-state index is 13.0. The van der Waals surface area contributed by atoms with E-state index in [4.69, 9.17) is 0 Å². The first-order valence-corrected chi connectivity index (χ1v) is 10.9. The third-order valence-electron chi connectivity index (χ3n) is 6.34. The molecule has 1 aliphatic carbocycles. The van der Waals surface area contributed by atoms with Crippen molar-refractivity contribution < 1.29 is 4.79 Å². The highest BCUT2D eigenvalue weighted by Gasteiger charge is 2.49. The molecule has 0 heterocycles. The summed E-state index contributed by atoms with van der Waals surface area (Å²) in [6.45, 7) is 7.48. The number of Topliss-reactive ketones (excluding diaryl/α,β-unsaturated/α-hetero) is 1. The summed E-state index contributed by atoms with van der Waals surface area (Å²) in [4.78, 5) is 13.0. The Hall–Kier alpha value is -3.69. The molecule has 2 aromatic carbocycles. The number of ketones is 1. The maximum atomic E-state index is 13.0. The van der Waals surface area contributed by atoms with Crippen LogP contribution in [0.1, 0.15) is 50.2 Å². The Bertz CT molecular complexity index is 1110. The number of nitrogens with zero attached hydrogens (tertiary/aromatic N) is 2. The summed E-state index contributed by atoms with van der Waals surface area (Å²) in [6, 6.07) is 24.6. The molecule has 1 atom stereocenters. The minimum absolute atomic E-state index is 0.0639. The van der Waals surface area contributed by atoms with Gasteiger partial charge in [0.25, 0.3) is 0 Å². The lowest BCUT2D eigenvalue weighted by molar-refractivity contribution is -0.126. The van der Waals surface area contributed by atoms with Gasteiger partial charge in [-0.15, -0.1) is 6.58 Å². The first-order chi connectivity index (χ1) is 15.4. The highest BCUT2D eigenvalue weighted by atomic mass is 16.1. The van der Waals surface area contributed by atoms with Crippen LogP contribution in [0.25, 0.3) is 6.08 Å². The number of hydrogen-bond acceptors (Lipinski definition) is 3. The van der Waals surface area contributed by atoms with Crippen molar-refractivity contribution in [3.05, 3.63) is 102 Å². The summed E-state index contributed by atoms with van der Waals surface area (Å²) in [6.07, 6.45) is 6.90. The topological polar surface area (TPSA) is 64.7 Å². The zero-order valence-electron chi connectivity index (χ0n) is 18.7. The van der Waals surface area contributed by atoms with Crippen molar-refractivity contribution in [2.75, 3.05) is 0 Å². The van der Waals surface area contributed by atoms with Gasteiger partial charge in [0.05, 0.1) is 12.1 Å². The molecule has 0 saturated carbocycles. The second kappa shape index (κ2) is 9.63. The van der Waals surface area contributed by atoms with Crippen molar-refractivity contribution in [3.63, 3.8) is 0 Å². The van der Waals surface area contributed by atoms with Gasteiger partial charge in [0.1, 0.15) is 5.78 Å². The van der Waals surface area contributed by atoms with Gasteiger partial charge in [0, 0.05) is 24.2 Å². The van der Waals surface area contributed by atoms with E-state index in [0.717, 1.165) is 16.7 Å². The van der Waals surface area contributed by atoms with E-state index in [-0.39, 0.29) is 18.1 Å². The summed E-state index contributed by atoms with van der Waals surface area (Å²) in [5.41, 5.74) is 1.43. The molecular formula is C29H28N2O. The van der Waals surface area contributed by atoms with E-state index in [0.29, 0.717) is 18.4 Å². The number of nitriles is 2. The molecule has 0 saturated heterocycles. The SMILES string of the molecule is C=CCC(C#N)(C#N)C1=C(C(/C=C/c2ccccc2)c2ccccc2)CCC(=O)C1(C)C. The van der Waals surface area contributed by atoms with Crippen LogP contribution < -0.4 is 0 Å². The molecule has 0 bridgehead atoms. The van der Waals surface area contributed by atoms with Crippen LogP contribution in [0.3, 0.4) is 0 Å². The highest BCUT2D eigenvalue weighted by molar-refractivity contribution is 5.90. The van der Waals surface area contributed by atoms with Crippen LogP contribution in [0.5, 0.6) is 0 Å². The van der Waals surface area contributed by atoms with Gasteiger partial charge in [0.15, 0.2) is 5.41 Å². The van der Waals surface area contributed by atoms with Crippen LogP contribution in [-0.4, -0.2) is 5.78 Å². The van der Waals surface area contributed by atoms with Gasteiger partial charge in [-0.2, -0.15) is 10.5 Å². The smallest absolute Gasteiger partial charge is 0.169 e. The number of rotatable bonds is 7. The van der Waals surface area contributed by atoms with Crippen molar-refractivity contribution in [1.29, 1.82) is 10.5 Å². The van der Waals surface area contributed by atoms with Crippen LogP contribution >= 0.6 is 0 Å². The van der Waals surface area contributed by atoms with Gasteiger partial charge in [-0.05, 0) is 37.0 Å². The third-order valence-corrected chi connectivity index (χ3v) is 6.34. The van der Waals surface area contributed by atoms with Gasteiger partial charge >= 0.3 is 0 Å². The van der Waals surface area contributed by atoms with E-state index in [1.165, 1.54) is 0 Å². The predicted molar refractivity (Wildman–Crippen MR) is 128 cm³/mol. The molecule has 0 spiro atoms. The van der Waals surface area contributed by atoms with Crippen molar-refractivity contribution in [2.45, 2.75) is 39.0 Å². The number of carbonyl (C=O) groups excluding carboxylic acids is 1. The minimum atomic E-state index is -1.43. The van der Waals surface area contributed by atoms with Crippen molar-refractivity contribution >= 4 is 11.9 Å². The van der Waals surface area contributed by atoms with E-state index >= 15 is 0 Å². The van der Waals surface area contributed by atoms with Crippen LogP contribution in [0.15, 0.2) is 90.5 Å². The minimum Gasteiger partial charge on any atom is -0.299 e. The lowest BCUT2D eigenvalue weighted by Crippen LogP contribution is -2.40. The predicted octanol–water partition coefficient (Wildman–Crippen LogP) is 6.78. The summed E-state index contributed by atoms with van der Waals surface area (Å²) in [5.74, 6) is -0.0845. The van der Waals surface area contributed by atoms with Crippen LogP contribution in [0, 0.1) is 33.5 Å². The van der Waals surface area contributed by atoms with Crippen LogP contribution in [-0.2, 0) is 4.79 Å². The molecule has 3 nitrogen and oxygen atoms in total. The molecular weight excluding hydrogens is 392 g/mol. The van der Waals surface area contributed by atoms with Crippen molar-refractivity contribution in [2.24, 2.45) is 10.8 Å². The number of hydrogen-bond donors (Lipinski definition) is 0. The van der Waals surface area contributed by atoms with Crippen molar-refractivity contribution in [1.82, 2.24) is 0 Å². The molecule has 160 valence electrons. The number of carbonyl (C=O) groups is 1. The summed E-state index contributed by atoms with van der Waals surface area (Å²) in [5, 5.41) is 20.3. The van der Waals surface area contributed by atoms with Gasteiger partial charge in [-0.1, -0.05) is 84.5 Å². The molecule has 0 radical (unpaired) electrons. The summed E-state index contributed by atoms with van der Waals surface area (Å²) < 4.78 is 0. The standard InChI is InChI=1S/C29H28N2O/c1-4-19-29(20-30,21-31)27-25(17-18-26(32)28(27,2)3)24(23-13-9-6-10-14-23)16-15-22-11-7-5-8-12-22/h4-16,24H,1,17-19H2,2-3H3/b16-15+. The molecule has 32 heavy (non-hydrogen) atoms. The van der Waals surface area contributed by atoms with Crippen LogP contribution in [0.4, 0.5) is 0 Å². The monoisotopic (exact) mass is 420 g/mol. The fourth-order valence-electron chi connectivity index (χ4n) is 4.75. The molecule has 0 fully saturated rings. The van der Waals surface area contributed by atoms with Gasteiger partial charge in [-0.3, -0.25) is 4.79 Å². The van der Waals surface area contributed by atoms with E-state index < -0.39 is 10.8 Å². The molecule has 1 aliphatic rings. The van der Waals surface area contributed by atoms with E-state index in [1.54, 1.807) is 6.08 Å². The zero-order chi connectivity index (χ0) is 23.2. The molecule has 0 N–H and O–H groups in total. The van der Waals surface area contributed by atoms with Gasteiger partial charge < -0.3 is 0 Å². The molecule has 1 unspecified atom stereocenters. The fourth-order valence-corrected chi connectivity index (χ4v) is 4.75. The first-order valence-electron chi connectivity index (χ1n) is 10.9. The fraction of sp³-hybridized carbons (Fsp3) is 0.276. The summed E-state index contributed by atoms with van der Waals surface area (Å²) >= 11 is 0. The lowest BCUT2D eigenvalue weighted by atomic mass is 9.59. The molecule has 3 rings (SSSR count). The maximum Gasteiger partial charge on any atom is 0.169 e. The van der Waals surface area contributed by atoms with Gasteiger partial charge in [-0.25, -0.2) is 0 Å². The Balaban J connectivity index is 2.31. The Morgan fingerprint density at radius 1 is 1.03 bits per heavy atom. The molecule has 0 aromatic heterocycles. The lowest BCUT2D eigenvalue weighted by Gasteiger charge is -2.41. The van der Waals surface area contributed by atoms with E-state index in [2.05, 4.69) is 43.0 Å². The normalized spacial score (nSPS) is 16.9. The van der Waals surface area contributed by atoms with Crippen molar-refractivity contribution in [3.8, 4) is 12.1 Å². The molecule has 3 heteroatoms. The third kappa shape index (κ3) is 4.34. The first kappa shape index (κ1) is 23.0. The van der Waals surface area contributed by atoms with E-state index in [9.17, 15) is 15.3 Å². The Morgan fingerprint density at radius 3 is 2.19 bits per heavy atom. The average molecular weight is 421 g/mol. The molecule has 2 aromatic rings. The average Bonchev–Trinajstić information content (AvgIpc) is 2.82. The Morgan fingerprint density at radius 2 is 1.62 bits per heavy atom.